The number of carbonyl (C=O) groups is 1. The van der Waals surface area contributed by atoms with Crippen LogP contribution in [-0.4, -0.2) is 38.1 Å². The first kappa shape index (κ1) is 16.5. The van der Waals surface area contributed by atoms with Crippen LogP contribution in [0.15, 0.2) is 0 Å². The van der Waals surface area contributed by atoms with Crippen LogP contribution in [0.4, 0.5) is 5.69 Å². The number of nitrogens with zero attached hydrogens (tertiary/aromatic N) is 4. The van der Waals surface area contributed by atoms with Gasteiger partial charge in [0.1, 0.15) is 17.9 Å². The summed E-state index contributed by atoms with van der Waals surface area (Å²) >= 11 is 0. The van der Waals surface area contributed by atoms with Gasteiger partial charge in [-0.2, -0.15) is 5.10 Å². The molecule has 22 heavy (non-hydrogen) atoms. The summed E-state index contributed by atoms with van der Waals surface area (Å²) in [5.74, 6) is 0.549. The first-order valence-corrected chi connectivity index (χ1v) is 7.79. The van der Waals surface area contributed by atoms with Crippen molar-refractivity contribution in [2.24, 2.45) is 5.92 Å². The van der Waals surface area contributed by atoms with Crippen LogP contribution in [0.1, 0.15) is 44.5 Å². The molecular weight excluding hydrogens is 284 g/mol. The van der Waals surface area contributed by atoms with E-state index in [1.165, 1.54) is 4.68 Å². The Bertz CT molecular complexity index is 576. The first-order valence-electron chi connectivity index (χ1n) is 7.79. The van der Waals surface area contributed by atoms with E-state index < -0.39 is 4.92 Å². The maximum Gasteiger partial charge on any atom is 0.312 e. The van der Waals surface area contributed by atoms with Gasteiger partial charge >= 0.3 is 5.69 Å². The summed E-state index contributed by atoms with van der Waals surface area (Å²) < 4.78 is 1.46. The molecule has 0 N–H and O–H groups in total. The standard InChI is InChI=1S/C15H24N4O3/c1-10(2)7-8-17(13-5-6-13)14(20)9-18-12(4)15(19(21)22)11(3)16-18/h10,13H,5-9H2,1-4H3. The third kappa shape index (κ3) is 3.64. The fraction of sp³-hybridized carbons (Fsp3) is 0.733. The highest BCUT2D eigenvalue weighted by atomic mass is 16.6. The lowest BCUT2D eigenvalue weighted by atomic mass is 10.1. The molecule has 0 aromatic carbocycles. The normalized spacial score (nSPS) is 14.4. The molecule has 1 amide bonds. The summed E-state index contributed by atoms with van der Waals surface area (Å²) in [6, 6.07) is 0.346. The van der Waals surface area contributed by atoms with Gasteiger partial charge in [-0.1, -0.05) is 13.8 Å². The molecule has 1 saturated carbocycles. The summed E-state index contributed by atoms with van der Waals surface area (Å²) in [6.07, 6.45) is 3.09. The Morgan fingerprint density at radius 3 is 2.55 bits per heavy atom. The molecule has 0 aliphatic heterocycles. The summed E-state index contributed by atoms with van der Waals surface area (Å²) in [4.78, 5) is 25.1. The Kier molecular flexibility index (Phi) is 4.83. The van der Waals surface area contributed by atoms with Crippen LogP contribution in [0, 0.1) is 29.9 Å². The molecule has 1 fully saturated rings. The molecule has 1 aromatic heterocycles. The molecule has 2 rings (SSSR count). The second-order valence-electron chi connectivity index (χ2n) is 6.44. The molecule has 1 aliphatic carbocycles. The van der Waals surface area contributed by atoms with Crippen molar-refractivity contribution in [3.05, 3.63) is 21.5 Å². The number of hydrogen-bond acceptors (Lipinski definition) is 4. The van der Waals surface area contributed by atoms with E-state index in [0.717, 1.165) is 25.8 Å². The topological polar surface area (TPSA) is 81.3 Å². The molecule has 0 atom stereocenters. The smallest absolute Gasteiger partial charge is 0.312 e. The maximum absolute atomic E-state index is 12.5. The minimum atomic E-state index is -0.434. The van der Waals surface area contributed by atoms with Crippen molar-refractivity contribution >= 4 is 11.6 Å². The third-order valence-electron chi connectivity index (χ3n) is 4.07. The van der Waals surface area contributed by atoms with Gasteiger partial charge in [0.25, 0.3) is 0 Å². The highest BCUT2D eigenvalue weighted by molar-refractivity contribution is 5.76. The Labute approximate surface area is 130 Å². The third-order valence-corrected chi connectivity index (χ3v) is 4.07. The van der Waals surface area contributed by atoms with Gasteiger partial charge in [-0.3, -0.25) is 19.6 Å². The number of rotatable bonds is 7. The predicted molar refractivity (Wildman–Crippen MR) is 82.5 cm³/mol. The van der Waals surface area contributed by atoms with E-state index in [2.05, 4.69) is 18.9 Å². The van der Waals surface area contributed by atoms with E-state index in [1.807, 2.05) is 4.90 Å². The van der Waals surface area contributed by atoms with Crippen molar-refractivity contribution in [1.82, 2.24) is 14.7 Å². The van der Waals surface area contributed by atoms with E-state index in [9.17, 15) is 14.9 Å². The van der Waals surface area contributed by atoms with Crippen LogP contribution in [0.5, 0.6) is 0 Å². The summed E-state index contributed by atoms with van der Waals surface area (Å²) in [6.45, 7) is 8.35. The van der Waals surface area contributed by atoms with Gasteiger partial charge in [-0.15, -0.1) is 0 Å². The molecule has 0 radical (unpaired) electrons. The van der Waals surface area contributed by atoms with Crippen molar-refractivity contribution in [2.45, 2.75) is 59.5 Å². The number of aryl methyl sites for hydroxylation is 1. The van der Waals surface area contributed by atoms with Crippen LogP contribution in [0.3, 0.4) is 0 Å². The lowest BCUT2D eigenvalue weighted by molar-refractivity contribution is -0.386. The van der Waals surface area contributed by atoms with E-state index in [0.29, 0.717) is 23.3 Å². The van der Waals surface area contributed by atoms with Crippen molar-refractivity contribution in [1.29, 1.82) is 0 Å². The van der Waals surface area contributed by atoms with Gasteiger partial charge in [0.05, 0.1) is 4.92 Å². The molecule has 0 saturated heterocycles. The molecule has 1 heterocycles. The molecule has 0 spiro atoms. The Hall–Kier alpha value is -1.92. The molecule has 1 aromatic rings. The quantitative estimate of drug-likeness (QED) is 0.572. The Morgan fingerprint density at radius 2 is 2.09 bits per heavy atom. The van der Waals surface area contributed by atoms with Gasteiger partial charge in [0, 0.05) is 12.6 Å². The number of aromatic nitrogens is 2. The van der Waals surface area contributed by atoms with E-state index in [4.69, 9.17) is 0 Å². The second kappa shape index (κ2) is 6.46. The molecular formula is C15H24N4O3. The second-order valence-corrected chi connectivity index (χ2v) is 6.44. The number of hydrogen-bond donors (Lipinski definition) is 0. The van der Waals surface area contributed by atoms with Crippen LogP contribution in [-0.2, 0) is 11.3 Å². The molecule has 0 unspecified atom stereocenters. The molecule has 0 bridgehead atoms. The number of carbonyl (C=O) groups excluding carboxylic acids is 1. The van der Waals surface area contributed by atoms with Crippen molar-refractivity contribution < 1.29 is 9.72 Å². The van der Waals surface area contributed by atoms with Crippen molar-refractivity contribution in [3.63, 3.8) is 0 Å². The summed E-state index contributed by atoms with van der Waals surface area (Å²) in [5, 5.41) is 15.2. The molecule has 7 heteroatoms. The fourth-order valence-corrected chi connectivity index (χ4v) is 2.62. The van der Waals surface area contributed by atoms with Crippen LogP contribution in [0.25, 0.3) is 0 Å². The Balaban J connectivity index is 2.10. The molecule has 7 nitrogen and oxygen atoms in total. The van der Waals surface area contributed by atoms with Gasteiger partial charge < -0.3 is 4.90 Å². The summed E-state index contributed by atoms with van der Waals surface area (Å²) in [5.41, 5.74) is 0.805. The average Bonchev–Trinajstić information content (AvgIpc) is 3.17. The lowest BCUT2D eigenvalue weighted by Gasteiger charge is -2.23. The Morgan fingerprint density at radius 1 is 1.45 bits per heavy atom. The SMILES string of the molecule is Cc1nn(CC(=O)N(CCC(C)C)C2CC2)c(C)c1[N+](=O)[O-]. The maximum atomic E-state index is 12.5. The zero-order valence-corrected chi connectivity index (χ0v) is 13.7. The number of amides is 1. The molecule has 122 valence electrons. The minimum absolute atomic E-state index is 0.00338. The van der Waals surface area contributed by atoms with Gasteiger partial charge in [-0.05, 0) is 39.0 Å². The van der Waals surface area contributed by atoms with Gasteiger partial charge in [0.15, 0.2) is 0 Å². The highest BCUT2D eigenvalue weighted by Gasteiger charge is 2.33. The van der Waals surface area contributed by atoms with Crippen molar-refractivity contribution in [2.75, 3.05) is 6.54 Å². The van der Waals surface area contributed by atoms with Crippen LogP contribution in [0.2, 0.25) is 0 Å². The fourth-order valence-electron chi connectivity index (χ4n) is 2.62. The average molecular weight is 308 g/mol. The molecule has 1 aliphatic rings. The first-order chi connectivity index (χ1) is 10.3. The van der Waals surface area contributed by atoms with Crippen molar-refractivity contribution in [3.8, 4) is 0 Å². The number of nitro groups is 1. The van der Waals surface area contributed by atoms with Crippen LogP contribution < -0.4 is 0 Å². The summed E-state index contributed by atoms with van der Waals surface area (Å²) in [7, 11) is 0. The van der Waals surface area contributed by atoms with E-state index in [1.54, 1.807) is 13.8 Å². The van der Waals surface area contributed by atoms with E-state index in [-0.39, 0.29) is 18.1 Å². The highest BCUT2D eigenvalue weighted by Crippen LogP contribution is 2.28. The van der Waals surface area contributed by atoms with E-state index >= 15 is 0 Å². The predicted octanol–water partition coefficient (Wildman–Crippen LogP) is 2.45. The van der Waals surface area contributed by atoms with Gasteiger partial charge in [-0.25, -0.2) is 0 Å². The minimum Gasteiger partial charge on any atom is -0.338 e. The van der Waals surface area contributed by atoms with Crippen LogP contribution >= 0.6 is 0 Å². The zero-order chi connectivity index (χ0) is 16.4. The van der Waals surface area contributed by atoms with Gasteiger partial charge in [0.2, 0.25) is 5.91 Å². The lowest BCUT2D eigenvalue weighted by Crippen LogP contribution is -2.37. The zero-order valence-electron chi connectivity index (χ0n) is 13.7. The largest absolute Gasteiger partial charge is 0.338 e. The monoisotopic (exact) mass is 308 g/mol.